The summed E-state index contributed by atoms with van der Waals surface area (Å²) < 4.78 is 24.5. The topological polar surface area (TPSA) is 47.1 Å². The molecule has 0 aliphatic carbocycles. The Balaban J connectivity index is 1.69. The molecule has 0 amide bonds. The fourth-order valence-corrected chi connectivity index (χ4v) is 3.42. The number of aromatic nitrogens is 2. The molecule has 0 saturated carbocycles. The second kappa shape index (κ2) is 8.82. The molecular weight excluding hydrogens is 379 g/mol. The predicted molar refractivity (Wildman–Crippen MR) is 116 cm³/mol. The number of H-pyrrole nitrogens is 1. The summed E-state index contributed by atoms with van der Waals surface area (Å²) in [6, 6.07) is 22.5. The number of nitrogens with one attached hydrogen (secondary N) is 1. The van der Waals surface area contributed by atoms with Crippen LogP contribution in [0.1, 0.15) is 11.4 Å². The molecule has 0 unspecified atom stereocenters. The second-order valence-corrected chi connectivity index (χ2v) is 6.96. The van der Waals surface area contributed by atoms with Gasteiger partial charge in [0.05, 0.1) is 25.6 Å². The number of hydrogen-bond acceptors (Lipinski definition) is 3. The molecule has 30 heavy (non-hydrogen) atoms. The van der Waals surface area contributed by atoms with Gasteiger partial charge >= 0.3 is 0 Å². The van der Waals surface area contributed by atoms with Gasteiger partial charge in [-0.2, -0.15) is 0 Å². The number of aryl methyl sites for hydroxylation is 2. The van der Waals surface area contributed by atoms with Crippen LogP contribution in [-0.2, 0) is 12.8 Å². The van der Waals surface area contributed by atoms with Crippen molar-refractivity contribution < 1.29 is 13.9 Å². The number of benzene rings is 3. The molecule has 0 saturated heterocycles. The molecule has 152 valence electrons. The minimum Gasteiger partial charge on any atom is -0.497 e. The van der Waals surface area contributed by atoms with Gasteiger partial charge < -0.3 is 14.5 Å². The van der Waals surface area contributed by atoms with E-state index in [9.17, 15) is 4.39 Å². The predicted octanol–water partition coefficient (Wildman–Crippen LogP) is 5.69. The molecule has 1 aromatic heterocycles. The van der Waals surface area contributed by atoms with Gasteiger partial charge in [0.15, 0.2) is 0 Å². The van der Waals surface area contributed by atoms with E-state index in [-0.39, 0.29) is 5.82 Å². The highest BCUT2D eigenvalue weighted by Crippen LogP contribution is 2.32. The van der Waals surface area contributed by atoms with E-state index in [2.05, 4.69) is 4.98 Å². The van der Waals surface area contributed by atoms with E-state index >= 15 is 0 Å². The van der Waals surface area contributed by atoms with Crippen LogP contribution in [0.25, 0.3) is 22.5 Å². The zero-order chi connectivity index (χ0) is 20.9. The molecule has 5 heteroatoms. The minimum absolute atomic E-state index is 0.185. The minimum atomic E-state index is -0.185. The van der Waals surface area contributed by atoms with Crippen LogP contribution in [0.2, 0.25) is 0 Å². The van der Waals surface area contributed by atoms with Gasteiger partial charge in [-0.25, -0.2) is 9.37 Å². The van der Waals surface area contributed by atoms with Crippen LogP contribution in [0.4, 0.5) is 4.39 Å². The number of aromatic amines is 1. The van der Waals surface area contributed by atoms with Gasteiger partial charge in [0.2, 0.25) is 0 Å². The molecule has 0 bridgehead atoms. The van der Waals surface area contributed by atoms with Crippen LogP contribution < -0.4 is 9.47 Å². The summed E-state index contributed by atoms with van der Waals surface area (Å²) in [4.78, 5) is 8.30. The third-order valence-electron chi connectivity index (χ3n) is 5.08. The highest BCUT2D eigenvalue weighted by molar-refractivity contribution is 5.79. The summed E-state index contributed by atoms with van der Waals surface area (Å²) in [5.41, 5.74) is 4.45. The van der Waals surface area contributed by atoms with Gasteiger partial charge in [-0.3, -0.25) is 0 Å². The summed E-state index contributed by atoms with van der Waals surface area (Å²) in [6.45, 7) is 0. The first kappa shape index (κ1) is 19.7. The van der Waals surface area contributed by atoms with Crippen molar-refractivity contribution in [3.8, 4) is 34.0 Å². The maximum absolute atomic E-state index is 14.0. The number of nitrogens with zero attached hydrogens (tertiary/aromatic N) is 1. The Labute approximate surface area is 175 Å². The van der Waals surface area contributed by atoms with Crippen molar-refractivity contribution in [2.45, 2.75) is 12.8 Å². The highest BCUT2D eigenvalue weighted by Gasteiger charge is 2.15. The Morgan fingerprint density at radius 2 is 1.37 bits per heavy atom. The van der Waals surface area contributed by atoms with E-state index in [0.29, 0.717) is 18.4 Å². The molecule has 0 fully saturated rings. The quantitative estimate of drug-likeness (QED) is 0.432. The fourth-order valence-electron chi connectivity index (χ4n) is 3.42. The van der Waals surface area contributed by atoms with E-state index < -0.39 is 0 Å². The molecule has 0 radical (unpaired) electrons. The SMILES string of the molecule is COc1ccc(-c2nc(CCc3ccccc3F)[nH]c2-c2ccc(OC)cc2)cc1. The lowest BCUT2D eigenvalue weighted by atomic mass is 10.0. The summed E-state index contributed by atoms with van der Waals surface area (Å²) in [6.07, 6.45) is 1.19. The Hall–Kier alpha value is -3.60. The Kier molecular flexibility index (Phi) is 5.80. The molecule has 0 aliphatic heterocycles. The largest absolute Gasteiger partial charge is 0.497 e. The number of rotatable bonds is 7. The zero-order valence-corrected chi connectivity index (χ0v) is 17.0. The Bertz CT molecular complexity index is 1050. The Morgan fingerprint density at radius 1 is 0.767 bits per heavy atom. The molecule has 0 aliphatic rings. The van der Waals surface area contributed by atoms with Crippen molar-refractivity contribution in [2.75, 3.05) is 14.2 Å². The summed E-state index contributed by atoms with van der Waals surface area (Å²) >= 11 is 0. The molecule has 1 N–H and O–H groups in total. The van der Waals surface area contributed by atoms with Crippen molar-refractivity contribution >= 4 is 0 Å². The van der Waals surface area contributed by atoms with Gasteiger partial charge in [0.25, 0.3) is 0 Å². The van der Waals surface area contributed by atoms with E-state index in [0.717, 1.165) is 39.8 Å². The lowest BCUT2D eigenvalue weighted by Gasteiger charge is -2.06. The lowest BCUT2D eigenvalue weighted by Crippen LogP contribution is -1.96. The van der Waals surface area contributed by atoms with Gasteiger partial charge in [0, 0.05) is 17.5 Å². The first-order valence-corrected chi connectivity index (χ1v) is 9.79. The Morgan fingerprint density at radius 3 is 1.97 bits per heavy atom. The van der Waals surface area contributed by atoms with E-state index in [1.165, 1.54) is 6.07 Å². The van der Waals surface area contributed by atoms with Crippen LogP contribution in [0, 0.1) is 5.82 Å². The number of hydrogen-bond donors (Lipinski definition) is 1. The smallest absolute Gasteiger partial charge is 0.126 e. The van der Waals surface area contributed by atoms with Crippen molar-refractivity contribution in [3.05, 3.63) is 90.0 Å². The number of methoxy groups -OCH3 is 2. The van der Waals surface area contributed by atoms with Gasteiger partial charge in [-0.1, -0.05) is 18.2 Å². The first-order valence-electron chi connectivity index (χ1n) is 9.79. The summed E-state index contributed by atoms with van der Waals surface area (Å²) in [5.74, 6) is 2.22. The number of ether oxygens (including phenoxy) is 2. The van der Waals surface area contributed by atoms with Gasteiger partial charge in [-0.15, -0.1) is 0 Å². The zero-order valence-electron chi connectivity index (χ0n) is 17.0. The monoisotopic (exact) mass is 402 g/mol. The molecule has 1 heterocycles. The third kappa shape index (κ3) is 4.20. The van der Waals surface area contributed by atoms with E-state index in [4.69, 9.17) is 14.5 Å². The van der Waals surface area contributed by atoms with Crippen molar-refractivity contribution in [2.24, 2.45) is 0 Å². The fraction of sp³-hybridized carbons (Fsp3) is 0.160. The normalized spacial score (nSPS) is 10.8. The maximum Gasteiger partial charge on any atom is 0.126 e. The molecule has 4 rings (SSSR count). The molecule has 4 aromatic rings. The van der Waals surface area contributed by atoms with Crippen LogP contribution >= 0.6 is 0 Å². The molecule has 0 spiro atoms. The summed E-state index contributed by atoms with van der Waals surface area (Å²) in [5, 5.41) is 0. The van der Waals surface area contributed by atoms with Crippen LogP contribution in [0.5, 0.6) is 11.5 Å². The first-order chi connectivity index (χ1) is 14.7. The van der Waals surface area contributed by atoms with E-state index in [1.807, 2.05) is 60.7 Å². The van der Waals surface area contributed by atoms with Gasteiger partial charge in [0.1, 0.15) is 23.1 Å². The number of halogens is 1. The van der Waals surface area contributed by atoms with Crippen molar-refractivity contribution in [1.29, 1.82) is 0 Å². The van der Waals surface area contributed by atoms with Crippen molar-refractivity contribution in [1.82, 2.24) is 9.97 Å². The maximum atomic E-state index is 14.0. The lowest BCUT2D eigenvalue weighted by molar-refractivity contribution is 0.414. The molecular formula is C25H23FN2O2. The average molecular weight is 402 g/mol. The third-order valence-corrected chi connectivity index (χ3v) is 5.08. The average Bonchev–Trinajstić information content (AvgIpc) is 3.23. The second-order valence-electron chi connectivity index (χ2n) is 6.96. The van der Waals surface area contributed by atoms with Crippen LogP contribution in [0.3, 0.4) is 0 Å². The number of imidazole rings is 1. The molecule has 4 nitrogen and oxygen atoms in total. The standard InChI is InChI=1S/C25H23FN2O2/c1-29-20-12-7-18(8-13-20)24-25(19-9-14-21(30-2)15-10-19)28-23(27-24)16-11-17-5-3-4-6-22(17)26/h3-10,12-15H,11,16H2,1-2H3,(H,27,28). The highest BCUT2D eigenvalue weighted by atomic mass is 19.1. The molecule has 0 atom stereocenters. The van der Waals surface area contributed by atoms with Crippen molar-refractivity contribution in [3.63, 3.8) is 0 Å². The van der Waals surface area contributed by atoms with E-state index in [1.54, 1.807) is 20.3 Å². The van der Waals surface area contributed by atoms with Gasteiger partial charge in [-0.05, 0) is 66.6 Å². The van der Waals surface area contributed by atoms with Crippen LogP contribution in [0.15, 0.2) is 72.8 Å². The summed E-state index contributed by atoms with van der Waals surface area (Å²) in [7, 11) is 3.29. The molecule has 3 aromatic carbocycles. The van der Waals surface area contributed by atoms with Crippen LogP contribution in [-0.4, -0.2) is 24.2 Å².